The van der Waals surface area contributed by atoms with E-state index in [0.29, 0.717) is 56.8 Å². The Labute approximate surface area is 169 Å². The lowest BCUT2D eigenvalue weighted by molar-refractivity contribution is 0.0566. The van der Waals surface area contributed by atoms with E-state index in [2.05, 4.69) is 15.3 Å². The number of para-hydroxylation sites is 2. The quantitative estimate of drug-likeness (QED) is 0.797. The number of hydrogen-bond donors (Lipinski definition) is 1. The van der Waals surface area contributed by atoms with Crippen molar-refractivity contribution in [2.75, 3.05) is 44.7 Å². The summed E-state index contributed by atoms with van der Waals surface area (Å²) in [6.45, 7) is 6.27. The van der Waals surface area contributed by atoms with E-state index >= 15 is 0 Å². The molecule has 1 saturated heterocycles. The third-order valence-electron chi connectivity index (χ3n) is 4.40. The summed E-state index contributed by atoms with van der Waals surface area (Å²) in [6, 6.07) is 9.05. The third kappa shape index (κ3) is 5.13. The number of carbonyl (C=O) groups is 2. The molecule has 0 bridgehead atoms. The lowest BCUT2D eigenvalue weighted by Crippen LogP contribution is -2.50. The summed E-state index contributed by atoms with van der Waals surface area (Å²) in [5, 5.41) is 3.10. The Kier molecular flexibility index (Phi) is 6.83. The highest BCUT2D eigenvalue weighted by Gasteiger charge is 2.26. The van der Waals surface area contributed by atoms with Gasteiger partial charge < -0.3 is 24.6 Å². The summed E-state index contributed by atoms with van der Waals surface area (Å²) < 4.78 is 10.6. The number of rotatable bonds is 6. The minimum atomic E-state index is -0.346. The molecule has 3 rings (SSSR count). The molecule has 0 spiro atoms. The van der Waals surface area contributed by atoms with Gasteiger partial charge in [-0.15, -0.1) is 0 Å². The molecule has 0 unspecified atom stereocenters. The Balaban J connectivity index is 1.65. The van der Waals surface area contributed by atoms with Gasteiger partial charge in [-0.05, 0) is 32.0 Å². The number of hydrogen-bond acceptors (Lipinski definition) is 7. The van der Waals surface area contributed by atoms with Crippen LogP contribution in [0.4, 0.5) is 16.4 Å². The van der Waals surface area contributed by atoms with Crippen molar-refractivity contribution >= 4 is 23.6 Å². The van der Waals surface area contributed by atoms with Crippen molar-refractivity contribution in [2.45, 2.75) is 13.8 Å². The Morgan fingerprint density at radius 2 is 1.76 bits per heavy atom. The predicted molar refractivity (Wildman–Crippen MR) is 107 cm³/mol. The molecule has 9 nitrogen and oxygen atoms in total. The van der Waals surface area contributed by atoms with Crippen LogP contribution in [0.15, 0.2) is 36.5 Å². The molecule has 2 aromatic rings. The topological polar surface area (TPSA) is 96.9 Å². The van der Waals surface area contributed by atoms with Crippen molar-refractivity contribution in [3.63, 3.8) is 0 Å². The van der Waals surface area contributed by atoms with Gasteiger partial charge in [0.25, 0.3) is 5.91 Å². The Morgan fingerprint density at radius 3 is 2.48 bits per heavy atom. The molecule has 0 atom stereocenters. The zero-order valence-corrected chi connectivity index (χ0v) is 16.6. The first-order valence-corrected chi connectivity index (χ1v) is 9.65. The lowest BCUT2D eigenvalue weighted by Gasteiger charge is -2.33. The monoisotopic (exact) mass is 399 g/mol. The van der Waals surface area contributed by atoms with Crippen molar-refractivity contribution in [3.05, 3.63) is 42.2 Å². The van der Waals surface area contributed by atoms with E-state index in [1.54, 1.807) is 29.0 Å². The number of nitrogens with zero attached hydrogens (tertiary/aromatic N) is 4. The molecule has 1 aliphatic heterocycles. The number of anilines is 2. The number of amides is 2. The molecule has 0 saturated carbocycles. The molecule has 0 radical (unpaired) electrons. The summed E-state index contributed by atoms with van der Waals surface area (Å²) in [4.78, 5) is 36.5. The second-order valence-electron chi connectivity index (χ2n) is 6.30. The summed E-state index contributed by atoms with van der Waals surface area (Å²) in [7, 11) is 0. The summed E-state index contributed by atoms with van der Waals surface area (Å²) >= 11 is 0. The van der Waals surface area contributed by atoms with Gasteiger partial charge in [0.05, 0.1) is 18.9 Å². The maximum absolute atomic E-state index is 12.8. The van der Waals surface area contributed by atoms with Crippen LogP contribution in [0.2, 0.25) is 0 Å². The van der Waals surface area contributed by atoms with Gasteiger partial charge >= 0.3 is 6.09 Å². The Hall–Kier alpha value is -3.36. The normalized spacial score (nSPS) is 13.7. The molecule has 2 amide bonds. The van der Waals surface area contributed by atoms with E-state index in [4.69, 9.17) is 9.47 Å². The number of carbonyl (C=O) groups excluding carboxylic acids is 2. The molecule has 154 valence electrons. The van der Waals surface area contributed by atoms with Gasteiger partial charge in [-0.25, -0.2) is 14.8 Å². The van der Waals surface area contributed by atoms with Crippen molar-refractivity contribution in [1.82, 2.24) is 19.8 Å². The van der Waals surface area contributed by atoms with Gasteiger partial charge in [-0.1, -0.05) is 12.1 Å². The van der Waals surface area contributed by atoms with Crippen molar-refractivity contribution in [1.29, 1.82) is 0 Å². The molecule has 2 heterocycles. The number of piperazine rings is 1. The first kappa shape index (κ1) is 20.4. The van der Waals surface area contributed by atoms with Gasteiger partial charge in [-0.3, -0.25) is 4.79 Å². The third-order valence-corrected chi connectivity index (χ3v) is 4.40. The van der Waals surface area contributed by atoms with E-state index in [9.17, 15) is 9.59 Å². The fourth-order valence-corrected chi connectivity index (χ4v) is 2.98. The first-order chi connectivity index (χ1) is 14.1. The van der Waals surface area contributed by atoms with Crippen LogP contribution >= 0.6 is 0 Å². The van der Waals surface area contributed by atoms with E-state index in [0.717, 1.165) is 5.69 Å². The minimum absolute atomic E-state index is 0.197. The summed E-state index contributed by atoms with van der Waals surface area (Å²) in [6.07, 6.45) is 1.20. The van der Waals surface area contributed by atoms with Gasteiger partial charge in [0.2, 0.25) is 5.95 Å². The largest absolute Gasteiger partial charge is 0.492 e. The fourth-order valence-electron chi connectivity index (χ4n) is 2.98. The zero-order valence-electron chi connectivity index (χ0n) is 16.6. The average molecular weight is 399 g/mol. The average Bonchev–Trinajstić information content (AvgIpc) is 2.75. The molecule has 1 aromatic heterocycles. The summed E-state index contributed by atoms with van der Waals surface area (Å²) in [5.41, 5.74) is 1.02. The molecule has 9 heteroatoms. The van der Waals surface area contributed by atoms with Crippen LogP contribution < -0.4 is 10.1 Å². The molecular formula is C20H25N5O4. The number of ether oxygens (including phenoxy) is 2. The minimum Gasteiger partial charge on any atom is -0.492 e. The van der Waals surface area contributed by atoms with Gasteiger partial charge in [0.1, 0.15) is 11.4 Å². The second-order valence-corrected chi connectivity index (χ2v) is 6.30. The molecule has 1 aromatic carbocycles. The van der Waals surface area contributed by atoms with Crippen LogP contribution in [0.1, 0.15) is 24.3 Å². The van der Waals surface area contributed by atoms with E-state index < -0.39 is 0 Å². The molecule has 1 aliphatic rings. The zero-order chi connectivity index (χ0) is 20.6. The van der Waals surface area contributed by atoms with E-state index in [1.165, 1.54) is 0 Å². The van der Waals surface area contributed by atoms with Crippen LogP contribution in [0.25, 0.3) is 0 Å². The molecule has 0 aliphatic carbocycles. The van der Waals surface area contributed by atoms with Crippen molar-refractivity contribution in [2.24, 2.45) is 0 Å². The van der Waals surface area contributed by atoms with E-state index in [1.807, 2.05) is 31.2 Å². The molecular weight excluding hydrogens is 374 g/mol. The molecule has 1 N–H and O–H groups in total. The van der Waals surface area contributed by atoms with Crippen LogP contribution in [0, 0.1) is 0 Å². The van der Waals surface area contributed by atoms with Gasteiger partial charge in [0, 0.05) is 32.4 Å². The van der Waals surface area contributed by atoms with Crippen molar-refractivity contribution in [3.8, 4) is 5.75 Å². The standard InChI is InChI=1S/C20H25N5O4/c1-3-28-17-8-6-5-7-15(17)22-19-21-10-9-16(23-19)18(26)24-11-13-25(14-12-24)20(27)29-4-2/h5-10H,3-4,11-14H2,1-2H3,(H,21,22,23). The first-order valence-electron chi connectivity index (χ1n) is 9.65. The second kappa shape index (κ2) is 9.72. The number of benzene rings is 1. The highest BCUT2D eigenvalue weighted by Crippen LogP contribution is 2.26. The van der Waals surface area contributed by atoms with Crippen molar-refractivity contribution < 1.29 is 19.1 Å². The van der Waals surface area contributed by atoms with Crippen LogP contribution in [0.5, 0.6) is 5.75 Å². The number of aromatic nitrogens is 2. The maximum atomic E-state index is 12.8. The van der Waals surface area contributed by atoms with Crippen LogP contribution in [-0.2, 0) is 4.74 Å². The predicted octanol–water partition coefficient (Wildman–Crippen LogP) is 2.53. The Morgan fingerprint density at radius 1 is 1.03 bits per heavy atom. The highest BCUT2D eigenvalue weighted by atomic mass is 16.6. The lowest BCUT2D eigenvalue weighted by atomic mass is 10.2. The van der Waals surface area contributed by atoms with Gasteiger partial charge in [0.15, 0.2) is 0 Å². The van der Waals surface area contributed by atoms with Crippen LogP contribution in [-0.4, -0.2) is 71.2 Å². The fraction of sp³-hybridized carbons (Fsp3) is 0.400. The maximum Gasteiger partial charge on any atom is 0.409 e. The van der Waals surface area contributed by atoms with E-state index in [-0.39, 0.29) is 12.0 Å². The molecule has 1 fully saturated rings. The summed E-state index contributed by atoms with van der Waals surface area (Å²) in [5.74, 6) is 0.802. The van der Waals surface area contributed by atoms with Gasteiger partial charge in [-0.2, -0.15) is 0 Å². The molecule has 29 heavy (non-hydrogen) atoms. The Bertz CT molecular complexity index is 852. The smallest absolute Gasteiger partial charge is 0.409 e. The number of nitrogens with one attached hydrogen (secondary N) is 1. The highest BCUT2D eigenvalue weighted by molar-refractivity contribution is 5.92. The van der Waals surface area contributed by atoms with Crippen LogP contribution in [0.3, 0.4) is 0 Å². The SMILES string of the molecule is CCOC(=O)N1CCN(C(=O)c2ccnc(Nc3ccccc3OCC)n2)CC1.